The first-order chi connectivity index (χ1) is 7.57. The Labute approximate surface area is 97.1 Å². The standard InChI is InChI=1S/C13H21NO2/c1-3-13(2,16)10-14-8-11-5-4-6-12(7-11)9-15/h4-7,14-16H,3,8-10H2,1-2H3. The van der Waals surface area contributed by atoms with E-state index in [0.717, 1.165) is 17.5 Å². The molecular formula is C13H21NO2. The minimum atomic E-state index is -0.644. The molecule has 3 heteroatoms. The molecule has 3 N–H and O–H groups in total. The first-order valence-corrected chi connectivity index (χ1v) is 5.69. The van der Waals surface area contributed by atoms with Crippen molar-refractivity contribution < 1.29 is 10.2 Å². The van der Waals surface area contributed by atoms with Crippen molar-refractivity contribution in [2.45, 2.75) is 39.0 Å². The highest BCUT2D eigenvalue weighted by molar-refractivity contribution is 5.22. The third-order valence-corrected chi connectivity index (χ3v) is 2.77. The number of nitrogens with one attached hydrogen (secondary N) is 1. The highest BCUT2D eigenvalue weighted by atomic mass is 16.3. The van der Waals surface area contributed by atoms with Gasteiger partial charge in [0.15, 0.2) is 0 Å². The minimum Gasteiger partial charge on any atom is -0.392 e. The van der Waals surface area contributed by atoms with Crippen LogP contribution in [-0.2, 0) is 13.2 Å². The molecule has 0 aliphatic carbocycles. The molecule has 0 fully saturated rings. The first kappa shape index (κ1) is 13.2. The fourth-order valence-corrected chi connectivity index (χ4v) is 1.44. The lowest BCUT2D eigenvalue weighted by atomic mass is 10.0. The van der Waals surface area contributed by atoms with Gasteiger partial charge >= 0.3 is 0 Å². The Morgan fingerprint density at radius 2 is 2.00 bits per heavy atom. The van der Waals surface area contributed by atoms with Crippen molar-refractivity contribution in [1.82, 2.24) is 5.32 Å². The van der Waals surface area contributed by atoms with E-state index in [-0.39, 0.29) is 6.61 Å². The average Bonchev–Trinajstić information content (AvgIpc) is 2.29. The van der Waals surface area contributed by atoms with Crippen LogP contribution in [0.1, 0.15) is 31.4 Å². The molecule has 1 aromatic rings. The van der Waals surface area contributed by atoms with Gasteiger partial charge in [0, 0.05) is 13.1 Å². The van der Waals surface area contributed by atoms with Crippen LogP contribution >= 0.6 is 0 Å². The highest BCUT2D eigenvalue weighted by Gasteiger charge is 2.16. The lowest BCUT2D eigenvalue weighted by molar-refractivity contribution is 0.0555. The van der Waals surface area contributed by atoms with E-state index in [1.54, 1.807) is 0 Å². The summed E-state index contributed by atoms with van der Waals surface area (Å²) >= 11 is 0. The summed E-state index contributed by atoms with van der Waals surface area (Å²) in [5, 5.41) is 22.0. The van der Waals surface area contributed by atoms with Crippen LogP contribution in [0.25, 0.3) is 0 Å². The zero-order chi connectivity index (χ0) is 12.0. The summed E-state index contributed by atoms with van der Waals surface area (Å²) in [6, 6.07) is 7.80. The molecule has 1 aromatic carbocycles. The van der Waals surface area contributed by atoms with Crippen molar-refractivity contribution in [3.8, 4) is 0 Å². The molecule has 1 unspecified atom stereocenters. The topological polar surface area (TPSA) is 52.5 Å². The summed E-state index contributed by atoms with van der Waals surface area (Å²) in [5.74, 6) is 0. The van der Waals surface area contributed by atoms with Crippen LogP contribution in [-0.4, -0.2) is 22.4 Å². The molecule has 0 aliphatic heterocycles. The summed E-state index contributed by atoms with van der Waals surface area (Å²) in [7, 11) is 0. The van der Waals surface area contributed by atoms with E-state index in [1.807, 2.05) is 38.1 Å². The van der Waals surface area contributed by atoms with Gasteiger partial charge in [-0.2, -0.15) is 0 Å². The predicted octanol–water partition coefficient (Wildman–Crippen LogP) is 1.43. The van der Waals surface area contributed by atoms with E-state index in [1.165, 1.54) is 0 Å². The molecular weight excluding hydrogens is 202 g/mol. The monoisotopic (exact) mass is 223 g/mol. The van der Waals surface area contributed by atoms with E-state index in [4.69, 9.17) is 5.11 Å². The van der Waals surface area contributed by atoms with Crippen molar-refractivity contribution in [2.75, 3.05) is 6.54 Å². The molecule has 0 radical (unpaired) electrons. The van der Waals surface area contributed by atoms with E-state index < -0.39 is 5.60 Å². The van der Waals surface area contributed by atoms with E-state index in [0.29, 0.717) is 13.1 Å². The molecule has 0 aromatic heterocycles. The van der Waals surface area contributed by atoms with Crippen LogP contribution in [0.5, 0.6) is 0 Å². The predicted molar refractivity (Wildman–Crippen MR) is 65.0 cm³/mol. The Kier molecular flexibility index (Phi) is 4.93. The van der Waals surface area contributed by atoms with Gasteiger partial charge < -0.3 is 15.5 Å². The lowest BCUT2D eigenvalue weighted by Gasteiger charge is -2.21. The quantitative estimate of drug-likeness (QED) is 0.684. The Bertz CT molecular complexity index is 323. The summed E-state index contributed by atoms with van der Waals surface area (Å²) in [4.78, 5) is 0. The molecule has 1 atom stereocenters. The summed E-state index contributed by atoms with van der Waals surface area (Å²) in [5.41, 5.74) is 1.40. The molecule has 3 nitrogen and oxygen atoms in total. The minimum absolute atomic E-state index is 0.0700. The third kappa shape index (κ3) is 4.31. The second-order valence-electron chi connectivity index (χ2n) is 4.43. The van der Waals surface area contributed by atoms with Gasteiger partial charge in [-0.05, 0) is 24.5 Å². The zero-order valence-electron chi connectivity index (χ0n) is 10.0. The fraction of sp³-hybridized carbons (Fsp3) is 0.538. The van der Waals surface area contributed by atoms with Crippen LogP contribution in [0.3, 0.4) is 0 Å². The lowest BCUT2D eigenvalue weighted by Crippen LogP contribution is -2.36. The van der Waals surface area contributed by atoms with Gasteiger partial charge in [-0.15, -0.1) is 0 Å². The third-order valence-electron chi connectivity index (χ3n) is 2.77. The summed E-state index contributed by atoms with van der Waals surface area (Å²) < 4.78 is 0. The van der Waals surface area contributed by atoms with Gasteiger partial charge in [0.2, 0.25) is 0 Å². The number of hydrogen-bond acceptors (Lipinski definition) is 3. The van der Waals surface area contributed by atoms with E-state index in [9.17, 15) is 5.11 Å². The Hall–Kier alpha value is -0.900. The van der Waals surface area contributed by atoms with Crippen molar-refractivity contribution in [1.29, 1.82) is 0 Å². The maximum atomic E-state index is 9.80. The molecule has 0 aliphatic rings. The number of rotatable bonds is 6. The molecule has 0 saturated heterocycles. The van der Waals surface area contributed by atoms with Crippen LogP contribution in [0.15, 0.2) is 24.3 Å². The molecule has 0 amide bonds. The van der Waals surface area contributed by atoms with Gasteiger partial charge in [-0.3, -0.25) is 0 Å². The van der Waals surface area contributed by atoms with Crippen molar-refractivity contribution in [2.24, 2.45) is 0 Å². The molecule has 0 heterocycles. The summed E-state index contributed by atoms with van der Waals surface area (Å²) in [6.45, 7) is 5.15. The molecule has 16 heavy (non-hydrogen) atoms. The van der Waals surface area contributed by atoms with Crippen LogP contribution < -0.4 is 5.32 Å². The van der Waals surface area contributed by atoms with E-state index >= 15 is 0 Å². The zero-order valence-corrected chi connectivity index (χ0v) is 10.0. The van der Waals surface area contributed by atoms with Crippen LogP contribution in [0, 0.1) is 0 Å². The van der Waals surface area contributed by atoms with Crippen LogP contribution in [0.2, 0.25) is 0 Å². The Morgan fingerprint density at radius 3 is 2.62 bits per heavy atom. The SMILES string of the molecule is CCC(C)(O)CNCc1cccc(CO)c1. The summed E-state index contributed by atoms with van der Waals surface area (Å²) in [6.07, 6.45) is 0.733. The molecule has 0 spiro atoms. The van der Waals surface area contributed by atoms with Crippen LogP contribution in [0.4, 0.5) is 0 Å². The van der Waals surface area contributed by atoms with E-state index in [2.05, 4.69) is 5.32 Å². The Balaban J connectivity index is 2.42. The largest absolute Gasteiger partial charge is 0.392 e. The highest BCUT2D eigenvalue weighted by Crippen LogP contribution is 2.08. The van der Waals surface area contributed by atoms with Crippen molar-refractivity contribution in [3.63, 3.8) is 0 Å². The molecule has 0 saturated carbocycles. The fourth-order valence-electron chi connectivity index (χ4n) is 1.44. The number of benzene rings is 1. The van der Waals surface area contributed by atoms with Crippen molar-refractivity contribution >= 4 is 0 Å². The average molecular weight is 223 g/mol. The molecule has 0 bridgehead atoms. The number of aliphatic hydroxyl groups excluding tert-OH is 1. The second kappa shape index (κ2) is 5.99. The Morgan fingerprint density at radius 1 is 1.31 bits per heavy atom. The first-order valence-electron chi connectivity index (χ1n) is 5.69. The number of aliphatic hydroxyl groups is 2. The normalized spacial score (nSPS) is 14.8. The maximum Gasteiger partial charge on any atom is 0.0741 e. The smallest absolute Gasteiger partial charge is 0.0741 e. The van der Waals surface area contributed by atoms with Gasteiger partial charge in [0.25, 0.3) is 0 Å². The molecule has 90 valence electrons. The van der Waals surface area contributed by atoms with Crippen molar-refractivity contribution in [3.05, 3.63) is 35.4 Å². The van der Waals surface area contributed by atoms with Gasteiger partial charge in [0.1, 0.15) is 0 Å². The molecule has 1 rings (SSSR count). The van der Waals surface area contributed by atoms with Gasteiger partial charge in [0.05, 0.1) is 12.2 Å². The second-order valence-corrected chi connectivity index (χ2v) is 4.43. The van der Waals surface area contributed by atoms with Gasteiger partial charge in [-0.1, -0.05) is 31.2 Å². The maximum absolute atomic E-state index is 9.80. The van der Waals surface area contributed by atoms with Gasteiger partial charge in [-0.25, -0.2) is 0 Å². The number of hydrogen-bond donors (Lipinski definition) is 3.